The van der Waals surface area contributed by atoms with Gasteiger partial charge in [-0.2, -0.15) is 0 Å². The van der Waals surface area contributed by atoms with E-state index in [2.05, 4.69) is 5.32 Å². The highest BCUT2D eigenvalue weighted by Crippen LogP contribution is 2.29. The van der Waals surface area contributed by atoms with E-state index in [1.165, 1.54) is 30.0 Å². The van der Waals surface area contributed by atoms with Crippen LogP contribution in [0.4, 0.5) is 20.2 Å². The highest BCUT2D eigenvalue weighted by Gasteiger charge is 2.27. The average Bonchev–Trinajstić information content (AvgIpc) is 3.09. The fourth-order valence-electron chi connectivity index (χ4n) is 3.08. The molecule has 1 amide bonds. The number of amides is 1. The van der Waals surface area contributed by atoms with Crippen molar-refractivity contribution in [3.8, 4) is 0 Å². The summed E-state index contributed by atoms with van der Waals surface area (Å²) in [6.45, 7) is 0.887. The summed E-state index contributed by atoms with van der Waals surface area (Å²) in [4.78, 5) is 25.3. The Balaban J connectivity index is 1.69. The first kappa shape index (κ1) is 19.1. The lowest BCUT2D eigenvalue weighted by atomic mass is 10.1. The molecule has 1 unspecified atom stereocenters. The molecule has 0 aromatic heterocycles. The van der Waals surface area contributed by atoms with Crippen molar-refractivity contribution in [2.45, 2.75) is 17.4 Å². The number of anilines is 1. The van der Waals surface area contributed by atoms with Gasteiger partial charge >= 0.3 is 0 Å². The van der Waals surface area contributed by atoms with E-state index in [0.717, 1.165) is 6.07 Å². The molecule has 9 heteroatoms. The number of hydrogen-bond donors (Lipinski definition) is 1. The van der Waals surface area contributed by atoms with Crippen LogP contribution in [0.25, 0.3) is 0 Å². The van der Waals surface area contributed by atoms with Crippen molar-refractivity contribution in [2.75, 3.05) is 24.2 Å². The number of rotatable bonds is 5. The maximum atomic E-state index is 13.9. The number of benzene rings is 2. The topological polar surface area (TPSA) is 75.5 Å². The summed E-state index contributed by atoms with van der Waals surface area (Å²) in [6, 6.07) is 7.51. The first-order valence-corrected chi connectivity index (χ1v) is 9.45. The fraction of sp³-hybridized carbons (Fsp3) is 0.278. The van der Waals surface area contributed by atoms with Crippen LogP contribution in [0, 0.1) is 21.7 Å². The number of nitro groups is 1. The Morgan fingerprint density at radius 1 is 1.30 bits per heavy atom. The van der Waals surface area contributed by atoms with Gasteiger partial charge in [-0.3, -0.25) is 14.9 Å². The molecule has 1 N–H and O–H groups in total. The molecule has 0 aliphatic carbocycles. The van der Waals surface area contributed by atoms with Gasteiger partial charge in [-0.05, 0) is 36.9 Å². The van der Waals surface area contributed by atoms with Gasteiger partial charge in [0.05, 0.1) is 15.5 Å². The third-order valence-electron chi connectivity index (χ3n) is 4.41. The third kappa shape index (κ3) is 4.19. The van der Waals surface area contributed by atoms with Crippen molar-refractivity contribution < 1.29 is 18.5 Å². The molecule has 1 atom stereocenters. The average molecular weight is 393 g/mol. The summed E-state index contributed by atoms with van der Waals surface area (Å²) in [7, 11) is 0. The molecule has 0 saturated carbocycles. The lowest BCUT2D eigenvalue weighted by molar-refractivity contribution is -0.387. The van der Waals surface area contributed by atoms with E-state index >= 15 is 0 Å². The van der Waals surface area contributed by atoms with Gasteiger partial charge in [-0.25, -0.2) is 8.78 Å². The van der Waals surface area contributed by atoms with Crippen molar-refractivity contribution in [1.82, 2.24) is 5.32 Å². The number of halogens is 2. The molecule has 3 rings (SSSR count). The standard InChI is InChI=1S/C18H17F2N3O3S/c1-27-17-5-2-11(8-16(17)23(25)26)18(24)21-13-6-7-22(10-13)15-4-3-12(19)9-14(15)20/h2-5,8-9,13H,6-7,10H2,1H3,(H,21,24). The van der Waals surface area contributed by atoms with Crippen molar-refractivity contribution in [1.29, 1.82) is 0 Å². The summed E-state index contributed by atoms with van der Waals surface area (Å²) in [5, 5.41) is 14.0. The van der Waals surface area contributed by atoms with Crippen molar-refractivity contribution in [3.63, 3.8) is 0 Å². The van der Waals surface area contributed by atoms with E-state index in [0.29, 0.717) is 24.4 Å². The minimum Gasteiger partial charge on any atom is -0.367 e. The Hall–Kier alpha value is -2.68. The number of hydrogen-bond acceptors (Lipinski definition) is 5. The smallest absolute Gasteiger partial charge is 0.283 e. The Labute approximate surface area is 158 Å². The van der Waals surface area contributed by atoms with Gasteiger partial charge in [-0.15, -0.1) is 11.8 Å². The number of thioether (sulfide) groups is 1. The Morgan fingerprint density at radius 2 is 2.07 bits per heavy atom. The van der Waals surface area contributed by atoms with E-state index in [9.17, 15) is 23.7 Å². The summed E-state index contributed by atoms with van der Waals surface area (Å²) < 4.78 is 27.0. The van der Waals surface area contributed by atoms with Gasteiger partial charge in [0.1, 0.15) is 11.6 Å². The van der Waals surface area contributed by atoms with E-state index in [1.54, 1.807) is 23.3 Å². The van der Waals surface area contributed by atoms with Crippen molar-refractivity contribution in [3.05, 3.63) is 63.7 Å². The molecule has 1 saturated heterocycles. The van der Waals surface area contributed by atoms with Crippen LogP contribution in [0.15, 0.2) is 41.3 Å². The number of carbonyl (C=O) groups excluding carboxylic acids is 1. The first-order valence-electron chi connectivity index (χ1n) is 8.22. The molecule has 1 fully saturated rings. The van der Waals surface area contributed by atoms with Crippen LogP contribution in [0.3, 0.4) is 0 Å². The van der Waals surface area contributed by atoms with Crippen LogP contribution in [0.2, 0.25) is 0 Å². The normalized spacial score (nSPS) is 16.4. The van der Waals surface area contributed by atoms with E-state index in [4.69, 9.17) is 0 Å². The van der Waals surface area contributed by atoms with Gasteiger partial charge in [-0.1, -0.05) is 0 Å². The van der Waals surface area contributed by atoms with Gasteiger partial charge in [0.2, 0.25) is 0 Å². The second kappa shape index (κ2) is 7.91. The second-order valence-corrected chi connectivity index (χ2v) is 6.99. The van der Waals surface area contributed by atoms with Gasteiger partial charge in [0.25, 0.3) is 11.6 Å². The van der Waals surface area contributed by atoms with Gasteiger partial charge in [0, 0.05) is 36.8 Å². The van der Waals surface area contributed by atoms with Crippen LogP contribution in [0.1, 0.15) is 16.8 Å². The maximum absolute atomic E-state index is 13.9. The predicted octanol–water partition coefficient (Wildman–Crippen LogP) is 3.60. The molecule has 2 aromatic rings. The van der Waals surface area contributed by atoms with Crippen LogP contribution < -0.4 is 10.2 Å². The molecule has 1 aliphatic heterocycles. The monoisotopic (exact) mass is 393 g/mol. The molecule has 142 valence electrons. The Morgan fingerprint density at radius 3 is 2.74 bits per heavy atom. The highest BCUT2D eigenvalue weighted by atomic mass is 32.2. The lowest BCUT2D eigenvalue weighted by Crippen LogP contribution is -2.37. The quantitative estimate of drug-likeness (QED) is 0.477. The summed E-state index contributed by atoms with van der Waals surface area (Å²) >= 11 is 1.24. The van der Waals surface area contributed by atoms with Crippen molar-refractivity contribution >= 4 is 29.0 Å². The molecular weight excluding hydrogens is 376 g/mol. The van der Waals surface area contributed by atoms with Gasteiger partial charge < -0.3 is 10.2 Å². The molecule has 0 radical (unpaired) electrons. The summed E-state index contributed by atoms with van der Waals surface area (Å²) in [6.07, 6.45) is 2.32. The molecular formula is C18H17F2N3O3S. The minimum absolute atomic E-state index is 0.114. The molecule has 2 aromatic carbocycles. The largest absolute Gasteiger partial charge is 0.367 e. The van der Waals surface area contributed by atoms with E-state index in [1.807, 2.05) is 0 Å². The Kier molecular flexibility index (Phi) is 5.59. The van der Waals surface area contributed by atoms with Crippen molar-refractivity contribution in [2.24, 2.45) is 0 Å². The van der Waals surface area contributed by atoms with Crippen LogP contribution in [-0.2, 0) is 0 Å². The zero-order valence-corrected chi connectivity index (χ0v) is 15.3. The zero-order chi connectivity index (χ0) is 19.6. The maximum Gasteiger partial charge on any atom is 0.283 e. The lowest BCUT2D eigenvalue weighted by Gasteiger charge is -2.19. The molecule has 1 heterocycles. The molecule has 1 aliphatic rings. The second-order valence-electron chi connectivity index (χ2n) is 6.14. The summed E-state index contributed by atoms with van der Waals surface area (Å²) in [5.74, 6) is -1.71. The van der Waals surface area contributed by atoms with Crippen LogP contribution in [0.5, 0.6) is 0 Å². The number of nitro benzene ring substituents is 1. The van der Waals surface area contributed by atoms with E-state index < -0.39 is 22.5 Å². The first-order chi connectivity index (χ1) is 12.9. The number of nitrogens with zero attached hydrogens (tertiary/aromatic N) is 2. The minimum atomic E-state index is -0.648. The van der Waals surface area contributed by atoms with E-state index in [-0.39, 0.29) is 23.0 Å². The van der Waals surface area contributed by atoms with Crippen LogP contribution in [-0.4, -0.2) is 36.2 Å². The molecule has 6 nitrogen and oxygen atoms in total. The van der Waals surface area contributed by atoms with Crippen LogP contribution >= 0.6 is 11.8 Å². The number of carbonyl (C=O) groups is 1. The Bertz CT molecular complexity index is 894. The fourth-order valence-corrected chi connectivity index (χ4v) is 3.62. The predicted molar refractivity (Wildman–Crippen MR) is 99.3 cm³/mol. The zero-order valence-electron chi connectivity index (χ0n) is 14.4. The van der Waals surface area contributed by atoms with Gasteiger partial charge in [0.15, 0.2) is 0 Å². The third-order valence-corrected chi connectivity index (χ3v) is 5.20. The molecule has 27 heavy (non-hydrogen) atoms. The molecule has 0 bridgehead atoms. The SMILES string of the molecule is CSc1ccc(C(=O)NC2CCN(c3ccc(F)cc3F)C2)cc1[N+](=O)[O-]. The summed E-state index contributed by atoms with van der Waals surface area (Å²) in [5.41, 5.74) is 0.371. The highest BCUT2D eigenvalue weighted by molar-refractivity contribution is 7.98. The number of nitrogens with one attached hydrogen (secondary N) is 1. The molecule has 0 spiro atoms.